The van der Waals surface area contributed by atoms with Gasteiger partial charge in [-0.25, -0.2) is 0 Å². The average Bonchev–Trinajstić information content (AvgIpc) is 2.42. The van der Waals surface area contributed by atoms with Gasteiger partial charge >= 0.3 is 5.97 Å². The number of hydrogen-bond donors (Lipinski definition) is 0. The predicted octanol–water partition coefficient (Wildman–Crippen LogP) is 2.58. The van der Waals surface area contributed by atoms with E-state index in [9.17, 15) is 4.79 Å². The van der Waals surface area contributed by atoms with Gasteiger partial charge in [0.05, 0.1) is 6.61 Å². The van der Waals surface area contributed by atoms with Crippen molar-refractivity contribution in [1.29, 1.82) is 0 Å². The van der Waals surface area contributed by atoms with Crippen molar-refractivity contribution in [3.63, 3.8) is 0 Å². The van der Waals surface area contributed by atoms with Crippen molar-refractivity contribution in [3.05, 3.63) is 29.8 Å². The molecule has 0 bridgehead atoms. The minimum Gasteiger partial charge on any atom is -0.490 e. The highest BCUT2D eigenvalue weighted by Crippen LogP contribution is 2.13. The van der Waals surface area contributed by atoms with E-state index in [4.69, 9.17) is 14.2 Å². The first-order chi connectivity index (χ1) is 9.15. The molecule has 0 heterocycles. The second kappa shape index (κ2) is 8.93. The number of carbonyl (C=O) groups is 1. The van der Waals surface area contributed by atoms with E-state index in [1.807, 2.05) is 24.3 Å². The molecular weight excluding hydrogens is 312 g/mol. The van der Waals surface area contributed by atoms with E-state index in [0.717, 1.165) is 12.2 Å². The summed E-state index contributed by atoms with van der Waals surface area (Å²) in [6, 6.07) is 7.82. The fourth-order valence-electron chi connectivity index (χ4n) is 1.51. The van der Waals surface area contributed by atoms with Gasteiger partial charge in [-0.05, 0) is 24.1 Å². The predicted molar refractivity (Wildman–Crippen MR) is 76.9 cm³/mol. The van der Waals surface area contributed by atoms with Crippen LogP contribution in [0.3, 0.4) is 0 Å². The Morgan fingerprint density at radius 1 is 1.32 bits per heavy atom. The van der Waals surface area contributed by atoms with Crippen LogP contribution >= 0.6 is 15.9 Å². The van der Waals surface area contributed by atoms with Crippen molar-refractivity contribution in [2.24, 2.45) is 0 Å². The van der Waals surface area contributed by atoms with Gasteiger partial charge in [-0.2, -0.15) is 0 Å². The van der Waals surface area contributed by atoms with Gasteiger partial charge in [0.1, 0.15) is 18.5 Å². The molecule has 0 aliphatic carbocycles. The molecule has 0 fully saturated rings. The van der Waals surface area contributed by atoms with E-state index >= 15 is 0 Å². The minimum absolute atomic E-state index is 0.273. The highest BCUT2D eigenvalue weighted by Gasteiger charge is 2.11. The Morgan fingerprint density at radius 2 is 2.00 bits per heavy atom. The highest BCUT2D eigenvalue weighted by molar-refractivity contribution is 9.09. The Labute approximate surface area is 122 Å². The summed E-state index contributed by atoms with van der Waals surface area (Å²) in [5.74, 6) is 0.460. The lowest BCUT2D eigenvalue weighted by molar-refractivity contribution is -0.146. The van der Waals surface area contributed by atoms with Gasteiger partial charge in [-0.3, -0.25) is 4.79 Å². The highest BCUT2D eigenvalue weighted by atomic mass is 79.9. The Bertz CT molecular complexity index is 378. The first-order valence-corrected chi connectivity index (χ1v) is 7.21. The van der Waals surface area contributed by atoms with Crippen molar-refractivity contribution in [2.45, 2.75) is 19.4 Å². The van der Waals surface area contributed by atoms with Gasteiger partial charge in [0.25, 0.3) is 0 Å². The normalized spacial score (nSPS) is 11.9. The third kappa shape index (κ3) is 6.59. The van der Waals surface area contributed by atoms with Gasteiger partial charge in [0.15, 0.2) is 0 Å². The molecule has 0 spiro atoms. The summed E-state index contributed by atoms with van der Waals surface area (Å²) in [4.78, 5) is 10.9. The fraction of sp³-hybridized carbons (Fsp3) is 0.500. The maximum atomic E-state index is 10.9. The number of hydrogen-bond acceptors (Lipinski definition) is 4. The molecule has 0 unspecified atom stereocenters. The van der Waals surface area contributed by atoms with Crippen molar-refractivity contribution < 1.29 is 19.0 Å². The minimum atomic E-state index is -0.303. The number of methoxy groups -OCH3 is 1. The molecule has 0 aromatic heterocycles. The first kappa shape index (κ1) is 16.0. The van der Waals surface area contributed by atoms with Crippen LogP contribution in [0.4, 0.5) is 0 Å². The first-order valence-electron chi connectivity index (χ1n) is 6.09. The molecule has 5 heteroatoms. The smallest absolute Gasteiger partial charge is 0.303 e. The molecule has 0 aliphatic rings. The van der Waals surface area contributed by atoms with Gasteiger partial charge < -0.3 is 14.2 Å². The maximum absolute atomic E-state index is 10.9. The van der Waals surface area contributed by atoms with Crippen LogP contribution in [0.15, 0.2) is 24.3 Å². The Morgan fingerprint density at radius 3 is 2.53 bits per heavy atom. The molecule has 106 valence electrons. The van der Waals surface area contributed by atoms with Crippen LogP contribution in [0, 0.1) is 0 Å². The number of rotatable bonds is 8. The number of alkyl halides is 1. The van der Waals surface area contributed by atoms with Gasteiger partial charge in [0.2, 0.25) is 0 Å². The molecular formula is C14H19BrO4. The number of esters is 1. The van der Waals surface area contributed by atoms with E-state index < -0.39 is 0 Å². The van der Waals surface area contributed by atoms with Gasteiger partial charge in [-0.15, -0.1) is 0 Å². The van der Waals surface area contributed by atoms with Crippen LogP contribution in [0.2, 0.25) is 0 Å². The lowest BCUT2D eigenvalue weighted by Crippen LogP contribution is -2.25. The topological polar surface area (TPSA) is 44.8 Å². The van der Waals surface area contributed by atoms with E-state index in [-0.39, 0.29) is 12.1 Å². The Balaban J connectivity index is 2.42. The van der Waals surface area contributed by atoms with Crippen LogP contribution in [0.5, 0.6) is 5.75 Å². The van der Waals surface area contributed by atoms with Crippen LogP contribution in [-0.4, -0.2) is 37.7 Å². The van der Waals surface area contributed by atoms with Crippen LogP contribution in [0.25, 0.3) is 0 Å². The molecule has 0 N–H and O–H groups in total. The molecule has 1 aromatic carbocycles. The zero-order valence-electron chi connectivity index (χ0n) is 11.2. The zero-order valence-corrected chi connectivity index (χ0v) is 12.8. The summed E-state index contributed by atoms with van der Waals surface area (Å²) in [6.45, 7) is 2.43. The second-order valence-electron chi connectivity index (χ2n) is 4.08. The average molecular weight is 331 g/mol. The van der Waals surface area contributed by atoms with E-state index in [1.165, 1.54) is 12.5 Å². The maximum Gasteiger partial charge on any atom is 0.303 e. The standard InChI is InChI=1S/C14H19BrO4/c1-11(16)19-14(9-15)10-18-13-5-3-12(4-6-13)7-8-17-2/h3-6,14H,7-10H2,1-2H3/t14-/m0/s1. The van der Waals surface area contributed by atoms with Crippen LogP contribution < -0.4 is 4.74 Å². The zero-order chi connectivity index (χ0) is 14.1. The number of benzene rings is 1. The molecule has 0 saturated carbocycles. The summed E-state index contributed by atoms with van der Waals surface area (Å²) in [5, 5.41) is 0.554. The monoisotopic (exact) mass is 330 g/mol. The number of ether oxygens (including phenoxy) is 3. The lowest BCUT2D eigenvalue weighted by atomic mass is 10.1. The summed E-state index contributed by atoms with van der Waals surface area (Å²) in [7, 11) is 1.69. The molecule has 0 amide bonds. The number of carbonyl (C=O) groups excluding carboxylic acids is 1. The van der Waals surface area contributed by atoms with Gasteiger partial charge in [-0.1, -0.05) is 28.1 Å². The van der Waals surface area contributed by atoms with E-state index in [2.05, 4.69) is 15.9 Å². The SMILES string of the molecule is COCCc1ccc(OC[C@H](CBr)OC(C)=O)cc1. The molecule has 4 nitrogen and oxygen atoms in total. The van der Waals surface area contributed by atoms with Crippen molar-refractivity contribution >= 4 is 21.9 Å². The van der Waals surface area contributed by atoms with E-state index in [0.29, 0.717) is 18.5 Å². The Kier molecular flexibility index (Phi) is 7.52. The summed E-state index contributed by atoms with van der Waals surface area (Å²) in [5.41, 5.74) is 1.20. The molecule has 1 atom stereocenters. The molecule has 19 heavy (non-hydrogen) atoms. The van der Waals surface area contributed by atoms with E-state index in [1.54, 1.807) is 7.11 Å². The third-order valence-corrected chi connectivity index (χ3v) is 3.18. The second-order valence-corrected chi connectivity index (χ2v) is 4.73. The van der Waals surface area contributed by atoms with Crippen molar-refractivity contribution in [1.82, 2.24) is 0 Å². The van der Waals surface area contributed by atoms with Crippen molar-refractivity contribution in [3.8, 4) is 5.75 Å². The molecule has 0 radical (unpaired) electrons. The van der Waals surface area contributed by atoms with Crippen LogP contribution in [0.1, 0.15) is 12.5 Å². The third-order valence-electron chi connectivity index (χ3n) is 2.46. The lowest BCUT2D eigenvalue weighted by Gasteiger charge is -2.15. The number of halogens is 1. The molecule has 0 saturated heterocycles. The molecule has 0 aliphatic heterocycles. The van der Waals surface area contributed by atoms with Crippen molar-refractivity contribution in [2.75, 3.05) is 25.7 Å². The summed E-state index contributed by atoms with van der Waals surface area (Å²) >= 11 is 3.29. The molecule has 1 rings (SSSR count). The fourth-order valence-corrected chi connectivity index (χ4v) is 1.83. The largest absolute Gasteiger partial charge is 0.490 e. The Hall–Kier alpha value is -1.07. The quantitative estimate of drug-likeness (QED) is 0.543. The molecule has 1 aromatic rings. The van der Waals surface area contributed by atoms with Gasteiger partial charge in [0, 0.05) is 19.4 Å². The summed E-state index contributed by atoms with van der Waals surface area (Å²) < 4.78 is 15.7. The summed E-state index contributed by atoms with van der Waals surface area (Å²) in [6.07, 6.45) is 0.611. The van der Waals surface area contributed by atoms with Crippen LogP contribution in [-0.2, 0) is 20.7 Å².